The van der Waals surface area contributed by atoms with E-state index in [1.54, 1.807) is 0 Å². The van der Waals surface area contributed by atoms with Crippen LogP contribution in [0.2, 0.25) is 0 Å². The molecule has 0 saturated heterocycles. The molecule has 0 bridgehead atoms. The van der Waals surface area contributed by atoms with Crippen molar-refractivity contribution in [2.45, 2.75) is 12.2 Å². The lowest BCUT2D eigenvalue weighted by Gasteiger charge is -2.13. The highest BCUT2D eigenvalue weighted by Crippen LogP contribution is 2.34. The summed E-state index contributed by atoms with van der Waals surface area (Å²) in [4.78, 5) is 21.5. The van der Waals surface area contributed by atoms with Crippen molar-refractivity contribution in [3.05, 3.63) is 33.9 Å². The molecule has 0 heterocycles. The van der Waals surface area contributed by atoms with Crippen molar-refractivity contribution in [1.29, 1.82) is 0 Å². The number of rotatable bonds is 8. The van der Waals surface area contributed by atoms with E-state index in [2.05, 4.69) is 10.6 Å². The Morgan fingerprint density at radius 1 is 1.40 bits per heavy atom. The number of methoxy groups -OCH3 is 1. The lowest BCUT2D eigenvalue weighted by Crippen LogP contribution is -2.44. The summed E-state index contributed by atoms with van der Waals surface area (Å²) >= 11 is 0. The molecule has 1 atom stereocenters. The van der Waals surface area contributed by atoms with Gasteiger partial charge in [-0.1, -0.05) is 0 Å². The Morgan fingerprint density at radius 2 is 2.04 bits per heavy atom. The van der Waals surface area contributed by atoms with Crippen LogP contribution in [0.1, 0.15) is 5.56 Å². The number of hydrogen-bond donors (Lipinski definition) is 3. The van der Waals surface area contributed by atoms with Gasteiger partial charge in [0.1, 0.15) is 11.7 Å². The van der Waals surface area contributed by atoms with E-state index < -0.39 is 34.3 Å². The molecule has 8 nitrogen and oxygen atoms in total. The van der Waals surface area contributed by atoms with E-state index in [1.165, 1.54) is 7.11 Å². The van der Waals surface area contributed by atoms with E-state index in [0.29, 0.717) is 6.07 Å². The van der Waals surface area contributed by atoms with Gasteiger partial charge in [0.25, 0.3) is 5.69 Å². The summed E-state index contributed by atoms with van der Waals surface area (Å²) < 4.78 is 42.5. The molecule has 12 heteroatoms. The molecular weight excluding hydrogens is 369 g/mol. The first-order chi connectivity index (χ1) is 11.2. The SMILES string of the molecule is COCC(N)C(=O)NCCNc1ccc(C(F)(F)F)cc1[N+](=O)[O-].Cl. The molecule has 142 valence electrons. The highest BCUT2D eigenvalue weighted by atomic mass is 35.5. The lowest BCUT2D eigenvalue weighted by molar-refractivity contribution is -0.384. The predicted octanol–water partition coefficient (Wildman–Crippen LogP) is 1.54. The summed E-state index contributed by atoms with van der Waals surface area (Å²) in [7, 11) is 1.39. The van der Waals surface area contributed by atoms with Crippen molar-refractivity contribution < 1.29 is 27.6 Å². The molecule has 1 rings (SSSR count). The fourth-order valence-electron chi connectivity index (χ4n) is 1.78. The number of hydrogen-bond acceptors (Lipinski definition) is 6. The summed E-state index contributed by atoms with van der Waals surface area (Å²) in [6.45, 7) is 0.176. The summed E-state index contributed by atoms with van der Waals surface area (Å²) in [6, 6.07) is 1.31. The average molecular weight is 387 g/mol. The van der Waals surface area contributed by atoms with E-state index >= 15 is 0 Å². The lowest BCUT2D eigenvalue weighted by atomic mass is 10.1. The van der Waals surface area contributed by atoms with E-state index in [1.807, 2.05) is 0 Å². The molecule has 4 N–H and O–H groups in total. The van der Waals surface area contributed by atoms with Crippen molar-refractivity contribution in [2.24, 2.45) is 5.73 Å². The fourth-order valence-corrected chi connectivity index (χ4v) is 1.78. The van der Waals surface area contributed by atoms with Gasteiger partial charge in [0.05, 0.1) is 17.1 Å². The second-order valence-electron chi connectivity index (χ2n) is 4.77. The molecule has 0 aliphatic heterocycles. The quantitative estimate of drug-likeness (QED) is 0.354. The molecule has 0 aliphatic rings. The van der Waals surface area contributed by atoms with Gasteiger partial charge >= 0.3 is 6.18 Å². The topological polar surface area (TPSA) is 120 Å². The third-order valence-electron chi connectivity index (χ3n) is 2.94. The number of nitrogens with zero attached hydrogens (tertiary/aromatic N) is 1. The van der Waals surface area contributed by atoms with Crippen molar-refractivity contribution in [3.63, 3.8) is 0 Å². The smallest absolute Gasteiger partial charge is 0.383 e. The maximum absolute atomic E-state index is 12.6. The number of halogens is 4. The maximum Gasteiger partial charge on any atom is 0.416 e. The Hall–Kier alpha value is -2.11. The zero-order valence-electron chi connectivity index (χ0n) is 13.1. The zero-order valence-corrected chi connectivity index (χ0v) is 13.9. The normalized spacial score (nSPS) is 12.0. The Balaban J connectivity index is 0.00000576. The Morgan fingerprint density at radius 3 is 2.56 bits per heavy atom. The van der Waals surface area contributed by atoms with E-state index in [-0.39, 0.29) is 37.8 Å². The van der Waals surface area contributed by atoms with Crippen LogP contribution in [-0.2, 0) is 15.7 Å². The number of alkyl halides is 3. The third-order valence-corrected chi connectivity index (χ3v) is 2.94. The highest BCUT2D eigenvalue weighted by molar-refractivity contribution is 5.85. The predicted molar refractivity (Wildman–Crippen MR) is 86.7 cm³/mol. The van der Waals surface area contributed by atoms with Crippen LogP contribution >= 0.6 is 12.4 Å². The van der Waals surface area contributed by atoms with Crippen LogP contribution in [0.4, 0.5) is 24.5 Å². The average Bonchev–Trinajstić information content (AvgIpc) is 2.50. The zero-order chi connectivity index (χ0) is 18.3. The van der Waals surface area contributed by atoms with Crippen LogP contribution < -0.4 is 16.4 Å². The summed E-state index contributed by atoms with van der Waals surface area (Å²) in [5.41, 5.74) is 3.59. The van der Waals surface area contributed by atoms with Gasteiger partial charge in [-0.15, -0.1) is 12.4 Å². The molecule has 1 aromatic rings. The first kappa shape index (κ1) is 22.9. The number of nitrogens with two attached hydrogens (primary N) is 1. The van der Waals surface area contributed by atoms with Crippen molar-refractivity contribution in [2.75, 3.05) is 32.1 Å². The fraction of sp³-hybridized carbons (Fsp3) is 0.462. The number of nitrogens with one attached hydrogen (secondary N) is 2. The van der Waals surface area contributed by atoms with Gasteiger partial charge in [0.15, 0.2) is 0 Å². The van der Waals surface area contributed by atoms with E-state index in [0.717, 1.165) is 12.1 Å². The van der Waals surface area contributed by atoms with Crippen LogP contribution in [-0.4, -0.2) is 43.7 Å². The molecule has 1 aromatic carbocycles. The van der Waals surface area contributed by atoms with E-state index in [4.69, 9.17) is 10.5 Å². The number of carbonyl (C=O) groups is 1. The van der Waals surface area contributed by atoms with Gasteiger partial charge in [0, 0.05) is 26.3 Å². The minimum absolute atomic E-state index is 0. The molecule has 0 radical (unpaired) electrons. The number of ether oxygens (including phenoxy) is 1. The number of carbonyl (C=O) groups excluding carboxylic acids is 1. The Bertz CT molecular complexity index is 601. The van der Waals surface area contributed by atoms with Gasteiger partial charge in [-0.05, 0) is 12.1 Å². The number of nitro groups is 1. The summed E-state index contributed by atoms with van der Waals surface area (Å²) in [6.07, 6.45) is -4.67. The summed E-state index contributed by atoms with van der Waals surface area (Å²) in [5, 5.41) is 16.0. The first-order valence-electron chi connectivity index (χ1n) is 6.78. The molecule has 1 unspecified atom stereocenters. The third kappa shape index (κ3) is 7.11. The van der Waals surface area contributed by atoms with Crippen LogP contribution in [0.3, 0.4) is 0 Å². The number of nitro benzene ring substituents is 1. The van der Waals surface area contributed by atoms with E-state index in [9.17, 15) is 28.1 Å². The molecular formula is C13H18ClF3N4O4. The minimum Gasteiger partial charge on any atom is -0.383 e. The molecule has 0 fully saturated rings. The minimum atomic E-state index is -4.67. The molecule has 0 aliphatic carbocycles. The van der Waals surface area contributed by atoms with Gasteiger partial charge in [-0.2, -0.15) is 13.2 Å². The van der Waals surface area contributed by atoms with Crippen LogP contribution in [0.15, 0.2) is 18.2 Å². The molecule has 25 heavy (non-hydrogen) atoms. The van der Waals surface area contributed by atoms with Crippen molar-refractivity contribution in [1.82, 2.24) is 5.32 Å². The Labute approximate surface area is 147 Å². The molecule has 1 amide bonds. The van der Waals surface area contributed by atoms with Gasteiger partial charge < -0.3 is 21.1 Å². The van der Waals surface area contributed by atoms with Gasteiger partial charge in [-0.25, -0.2) is 0 Å². The first-order valence-corrected chi connectivity index (χ1v) is 6.78. The van der Waals surface area contributed by atoms with Crippen molar-refractivity contribution >= 4 is 29.7 Å². The molecule has 0 saturated carbocycles. The second kappa shape index (κ2) is 10.0. The number of benzene rings is 1. The monoisotopic (exact) mass is 386 g/mol. The largest absolute Gasteiger partial charge is 0.416 e. The summed E-state index contributed by atoms with van der Waals surface area (Å²) in [5.74, 6) is -0.472. The number of anilines is 1. The Kier molecular flexibility index (Phi) is 9.17. The van der Waals surface area contributed by atoms with Gasteiger partial charge in [-0.3, -0.25) is 14.9 Å². The van der Waals surface area contributed by atoms with Crippen molar-refractivity contribution in [3.8, 4) is 0 Å². The van der Waals surface area contributed by atoms with Crippen LogP contribution in [0, 0.1) is 10.1 Å². The standard InChI is InChI=1S/C13H17F3N4O4.ClH/c1-24-7-9(17)12(21)19-5-4-18-10-3-2-8(13(14,15)16)6-11(10)20(22)23;/h2-3,6,9,18H,4-5,7,17H2,1H3,(H,19,21);1H. The maximum atomic E-state index is 12.6. The second-order valence-corrected chi connectivity index (χ2v) is 4.77. The highest BCUT2D eigenvalue weighted by Gasteiger charge is 2.33. The van der Waals surface area contributed by atoms with Crippen LogP contribution in [0.25, 0.3) is 0 Å². The molecule has 0 spiro atoms. The van der Waals surface area contributed by atoms with Gasteiger partial charge in [0.2, 0.25) is 5.91 Å². The van der Waals surface area contributed by atoms with Crippen LogP contribution in [0.5, 0.6) is 0 Å². The molecule has 0 aromatic heterocycles. The number of amides is 1.